The van der Waals surface area contributed by atoms with E-state index >= 15 is 0 Å². The molecule has 1 aliphatic heterocycles. The van der Waals surface area contributed by atoms with Gasteiger partial charge in [-0.2, -0.15) is 0 Å². The quantitative estimate of drug-likeness (QED) is 0.777. The SMILES string of the molecule is O=C(Nc1nnc(-c2ccc3c(c2)OCO3)o1)c1ccno1. The minimum atomic E-state index is -0.529. The summed E-state index contributed by atoms with van der Waals surface area (Å²) >= 11 is 0. The van der Waals surface area contributed by atoms with E-state index in [9.17, 15) is 4.79 Å². The number of aromatic nitrogens is 3. The van der Waals surface area contributed by atoms with Gasteiger partial charge in [0.25, 0.3) is 5.91 Å². The Hall–Kier alpha value is -3.36. The van der Waals surface area contributed by atoms with Gasteiger partial charge < -0.3 is 18.4 Å². The lowest BCUT2D eigenvalue weighted by molar-refractivity contribution is 0.0985. The van der Waals surface area contributed by atoms with Gasteiger partial charge in [0, 0.05) is 11.6 Å². The number of nitrogens with zero attached hydrogens (tertiary/aromatic N) is 3. The number of carbonyl (C=O) groups is 1. The Bertz CT molecular complexity index is 827. The average Bonchev–Trinajstić information content (AvgIpc) is 3.27. The summed E-state index contributed by atoms with van der Waals surface area (Å²) in [5.41, 5.74) is 0.650. The van der Waals surface area contributed by atoms with Crippen LogP contribution in [0.1, 0.15) is 10.6 Å². The first-order valence-corrected chi connectivity index (χ1v) is 6.25. The van der Waals surface area contributed by atoms with Gasteiger partial charge in [-0.3, -0.25) is 10.1 Å². The minimum Gasteiger partial charge on any atom is -0.454 e. The van der Waals surface area contributed by atoms with Gasteiger partial charge in [0.15, 0.2) is 11.5 Å². The zero-order valence-corrected chi connectivity index (χ0v) is 11.0. The number of ether oxygens (including phenoxy) is 2. The first-order chi connectivity index (χ1) is 10.8. The number of amides is 1. The topological polar surface area (TPSA) is 113 Å². The Morgan fingerprint density at radius 2 is 2.05 bits per heavy atom. The summed E-state index contributed by atoms with van der Waals surface area (Å²) in [6, 6.07) is 6.59. The maximum absolute atomic E-state index is 11.8. The van der Waals surface area contributed by atoms with Crippen LogP contribution in [0.5, 0.6) is 11.5 Å². The Kier molecular flexibility index (Phi) is 2.75. The Morgan fingerprint density at radius 1 is 1.14 bits per heavy atom. The fraction of sp³-hybridized carbons (Fsp3) is 0.0769. The zero-order chi connectivity index (χ0) is 14.9. The summed E-state index contributed by atoms with van der Waals surface area (Å²) in [4.78, 5) is 11.8. The normalized spacial score (nSPS) is 12.4. The monoisotopic (exact) mass is 300 g/mol. The smallest absolute Gasteiger partial charge is 0.322 e. The minimum absolute atomic E-state index is 0.0443. The van der Waals surface area contributed by atoms with E-state index in [1.807, 2.05) is 0 Å². The molecule has 0 fully saturated rings. The molecular formula is C13H8N4O5. The van der Waals surface area contributed by atoms with Crippen LogP contribution in [-0.2, 0) is 0 Å². The molecule has 0 aliphatic carbocycles. The molecule has 0 spiro atoms. The molecule has 0 radical (unpaired) electrons. The number of hydrogen-bond donors (Lipinski definition) is 1. The Morgan fingerprint density at radius 3 is 2.91 bits per heavy atom. The molecule has 4 rings (SSSR count). The number of hydrogen-bond acceptors (Lipinski definition) is 8. The number of benzene rings is 1. The van der Waals surface area contributed by atoms with E-state index < -0.39 is 5.91 Å². The molecule has 1 aromatic carbocycles. The molecule has 1 aliphatic rings. The van der Waals surface area contributed by atoms with E-state index in [2.05, 4.69) is 20.7 Å². The van der Waals surface area contributed by atoms with Gasteiger partial charge in [0.2, 0.25) is 18.4 Å². The first kappa shape index (κ1) is 12.4. The molecule has 22 heavy (non-hydrogen) atoms. The Labute approximate surface area is 122 Å². The van der Waals surface area contributed by atoms with Crippen molar-refractivity contribution in [1.29, 1.82) is 0 Å². The van der Waals surface area contributed by atoms with Gasteiger partial charge in [-0.25, -0.2) is 0 Å². The van der Waals surface area contributed by atoms with Gasteiger partial charge in [0.1, 0.15) is 0 Å². The summed E-state index contributed by atoms with van der Waals surface area (Å²) in [5, 5.41) is 13.5. The van der Waals surface area contributed by atoms with Crippen LogP contribution >= 0.6 is 0 Å². The molecule has 0 saturated carbocycles. The average molecular weight is 300 g/mol. The lowest BCUT2D eigenvalue weighted by Gasteiger charge is -1.98. The third-order valence-corrected chi connectivity index (χ3v) is 2.93. The number of nitrogens with one attached hydrogen (secondary N) is 1. The molecule has 1 amide bonds. The Balaban J connectivity index is 1.55. The van der Waals surface area contributed by atoms with Crippen molar-refractivity contribution in [2.24, 2.45) is 0 Å². The van der Waals surface area contributed by atoms with Crippen molar-refractivity contribution in [1.82, 2.24) is 15.4 Å². The fourth-order valence-corrected chi connectivity index (χ4v) is 1.91. The van der Waals surface area contributed by atoms with Crippen LogP contribution in [0.15, 0.2) is 39.4 Å². The molecule has 0 unspecified atom stereocenters. The van der Waals surface area contributed by atoms with E-state index in [1.165, 1.54) is 12.3 Å². The largest absolute Gasteiger partial charge is 0.454 e. The molecule has 1 N–H and O–H groups in total. The lowest BCUT2D eigenvalue weighted by Crippen LogP contribution is -2.11. The van der Waals surface area contributed by atoms with Crippen molar-refractivity contribution in [3.05, 3.63) is 36.2 Å². The van der Waals surface area contributed by atoms with E-state index in [-0.39, 0.29) is 24.5 Å². The summed E-state index contributed by atoms with van der Waals surface area (Å²) in [5.74, 6) is 1.01. The van der Waals surface area contributed by atoms with Gasteiger partial charge in [-0.05, 0) is 18.2 Å². The lowest BCUT2D eigenvalue weighted by atomic mass is 10.2. The van der Waals surface area contributed by atoms with E-state index in [0.29, 0.717) is 17.1 Å². The van der Waals surface area contributed by atoms with Crippen LogP contribution in [-0.4, -0.2) is 28.1 Å². The second kappa shape index (κ2) is 4.88. The third kappa shape index (κ3) is 2.14. The molecule has 110 valence electrons. The van der Waals surface area contributed by atoms with Gasteiger partial charge >= 0.3 is 6.01 Å². The van der Waals surface area contributed by atoms with Crippen molar-refractivity contribution in [2.45, 2.75) is 0 Å². The maximum Gasteiger partial charge on any atom is 0.322 e. The number of rotatable bonds is 3. The van der Waals surface area contributed by atoms with Crippen molar-refractivity contribution >= 4 is 11.9 Å². The van der Waals surface area contributed by atoms with Crippen LogP contribution in [0.3, 0.4) is 0 Å². The standard InChI is InChI=1S/C13H8N4O5/c18-11(9-3-4-14-22-9)15-13-17-16-12(21-13)7-1-2-8-10(5-7)20-6-19-8/h1-5H,6H2,(H,15,17,18). The summed E-state index contributed by atoms with van der Waals surface area (Å²) in [6.45, 7) is 0.182. The fourth-order valence-electron chi connectivity index (χ4n) is 1.91. The van der Waals surface area contributed by atoms with Gasteiger partial charge in [0.05, 0.1) is 6.20 Å². The number of fused-ring (bicyclic) bond motifs is 1. The number of anilines is 1. The molecule has 0 bridgehead atoms. The predicted octanol–water partition coefficient (Wildman–Crippen LogP) is 1.71. The van der Waals surface area contributed by atoms with Gasteiger partial charge in [-0.1, -0.05) is 10.3 Å². The van der Waals surface area contributed by atoms with Crippen molar-refractivity contribution in [3.8, 4) is 23.0 Å². The molecule has 9 nitrogen and oxygen atoms in total. The molecule has 2 aromatic heterocycles. The van der Waals surface area contributed by atoms with E-state index in [0.717, 1.165) is 0 Å². The maximum atomic E-state index is 11.8. The van der Waals surface area contributed by atoms with Crippen molar-refractivity contribution < 1.29 is 23.2 Å². The highest BCUT2D eigenvalue weighted by Crippen LogP contribution is 2.35. The van der Waals surface area contributed by atoms with E-state index in [1.54, 1.807) is 18.2 Å². The third-order valence-electron chi connectivity index (χ3n) is 2.93. The van der Waals surface area contributed by atoms with Gasteiger partial charge in [-0.15, -0.1) is 5.10 Å². The predicted molar refractivity (Wildman–Crippen MR) is 70.3 cm³/mol. The van der Waals surface area contributed by atoms with Crippen molar-refractivity contribution in [3.63, 3.8) is 0 Å². The molecular weight excluding hydrogens is 292 g/mol. The molecule has 3 heterocycles. The second-order valence-electron chi connectivity index (χ2n) is 4.31. The molecule has 9 heteroatoms. The summed E-state index contributed by atoms with van der Waals surface area (Å²) in [7, 11) is 0. The van der Waals surface area contributed by atoms with Crippen LogP contribution in [0.4, 0.5) is 6.01 Å². The summed E-state index contributed by atoms with van der Waals surface area (Å²) in [6.07, 6.45) is 1.36. The van der Waals surface area contributed by atoms with Crippen molar-refractivity contribution in [2.75, 3.05) is 12.1 Å². The first-order valence-electron chi connectivity index (χ1n) is 6.25. The zero-order valence-electron chi connectivity index (χ0n) is 11.0. The molecule has 0 atom stereocenters. The highest BCUT2D eigenvalue weighted by molar-refractivity contribution is 6.00. The van der Waals surface area contributed by atoms with Crippen LogP contribution < -0.4 is 14.8 Å². The molecule has 0 saturated heterocycles. The second-order valence-corrected chi connectivity index (χ2v) is 4.31. The van der Waals surface area contributed by atoms with E-state index in [4.69, 9.17) is 18.4 Å². The van der Waals surface area contributed by atoms with Crippen LogP contribution in [0, 0.1) is 0 Å². The summed E-state index contributed by atoms with van der Waals surface area (Å²) < 4.78 is 20.6. The highest BCUT2D eigenvalue weighted by Gasteiger charge is 2.18. The van der Waals surface area contributed by atoms with Crippen LogP contribution in [0.25, 0.3) is 11.5 Å². The van der Waals surface area contributed by atoms with Crippen LogP contribution in [0.2, 0.25) is 0 Å². The highest BCUT2D eigenvalue weighted by atomic mass is 16.7. The molecule has 3 aromatic rings. The number of carbonyl (C=O) groups excluding carboxylic acids is 1.